The quantitative estimate of drug-likeness (QED) is 0.692. The Balaban J connectivity index is 1.55. The van der Waals surface area contributed by atoms with Gasteiger partial charge in [0, 0.05) is 0 Å². The normalized spacial score (nSPS) is 13.2. The number of carbonyl (C=O) groups is 3. The summed E-state index contributed by atoms with van der Waals surface area (Å²) < 4.78 is 0. The molecule has 5 heteroatoms. The molecule has 0 aliphatic carbocycles. The second-order valence-corrected chi connectivity index (χ2v) is 5.73. The van der Waals surface area contributed by atoms with Gasteiger partial charge in [0.2, 0.25) is 0 Å². The number of carbonyl (C=O) groups excluding carboxylic acids is 3. The summed E-state index contributed by atoms with van der Waals surface area (Å²) in [7, 11) is 0. The van der Waals surface area contributed by atoms with E-state index in [4.69, 9.17) is 4.84 Å². The molecule has 0 unspecified atom stereocenters. The molecule has 1 aliphatic rings. The maximum Gasteiger partial charge on any atom is 0.337 e. The van der Waals surface area contributed by atoms with Gasteiger partial charge in [-0.2, -0.15) is 0 Å². The van der Waals surface area contributed by atoms with Crippen LogP contribution in [0.1, 0.15) is 26.3 Å². The van der Waals surface area contributed by atoms with E-state index < -0.39 is 17.8 Å². The van der Waals surface area contributed by atoms with Crippen molar-refractivity contribution in [3.8, 4) is 0 Å². The molecule has 3 aromatic carbocycles. The van der Waals surface area contributed by atoms with Crippen LogP contribution < -0.4 is 0 Å². The third-order valence-corrected chi connectivity index (χ3v) is 4.16. The largest absolute Gasteiger partial charge is 0.337 e. The Kier molecular flexibility index (Phi) is 3.54. The van der Waals surface area contributed by atoms with Crippen molar-refractivity contribution in [3.05, 3.63) is 83.4 Å². The standard InChI is InChI=1S/C20H13NO4/c22-18(12-14-8-5-7-13-6-1-2-9-15(13)14)25-21-19(23)16-10-3-4-11-17(16)20(21)24/h1-11H,12H2. The fourth-order valence-corrected chi connectivity index (χ4v) is 2.99. The predicted octanol–water partition coefficient (Wildman–Crippen LogP) is 3.14. The van der Waals surface area contributed by atoms with Crippen LogP contribution in [0.15, 0.2) is 66.7 Å². The van der Waals surface area contributed by atoms with E-state index in [9.17, 15) is 14.4 Å². The maximum atomic E-state index is 12.3. The van der Waals surface area contributed by atoms with Crippen molar-refractivity contribution in [2.45, 2.75) is 6.42 Å². The number of amides is 2. The molecule has 0 bridgehead atoms. The molecule has 1 heterocycles. The number of imide groups is 1. The van der Waals surface area contributed by atoms with Gasteiger partial charge in [-0.25, -0.2) is 4.79 Å². The minimum atomic E-state index is -0.661. The van der Waals surface area contributed by atoms with E-state index in [-0.39, 0.29) is 17.5 Å². The van der Waals surface area contributed by atoms with Gasteiger partial charge >= 0.3 is 5.97 Å². The van der Waals surface area contributed by atoms with Crippen LogP contribution in [-0.2, 0) is 16.1 Å². The van der Waals surface area contributed by atoms with E-state index in [2.05, 4.69) is 0 Å². The first-order valence-electron chi connectivity index (χ1n) is 7.80. The van der Waals surface area contributed by atoms with E-state index in [0.29, 0.717) is 5.06 Å². The maximum absolute atomic E-state index is 12.3. The van der Waals surface area contributed by atoms with Crippen molar-refractivity contribution in [1.82, 2.24) is 5.06 Å². The molecule has 4 rings (SSSR count). The van der Waals surface area contributed by atoms with Crippen LogP contribution in [-0.4, -0.2) is 22.8 Å². The second-order valence-electron chi connectivity index (χ2n) is 5.73. The zero-order valence-corrected chi connectivity index (χ0v) is 13.1. The van der Waals surface area contributed by atoms with Gasteiger partial charge in [-0.1, -0.05) is 59.7 Å². The minimum Gasteiger partial charge on any atom is -0.329 e. The molecular formula is C20H13NO4. The molecule has 25 heavy (non-hydrogen) atoms. The van der Waals surface area contributed by atoms with E-state index in [1.807, 2.05) is 42.5 Å². The van der Waals surface area contributed by atoms with Crippen LogP contribution in [0.4, 0.5) is 0 Å². The van der Waals surface area contributed by atoms with Crippen molar-refractivity contribution in [1.29, 1.82) is 0 Å². The van der Waals surface area contributed by atoms with Crippen molar-refractivity contribution in [2.75, 3.05) is 0 Å². The Hall–Kier alpha value is -3.47. The smallest absolute Gasteiger partial charge is 0.329 e. The first kappa shape index (κ1) is 15.1. The summed E-state index contributed by atoms with van der Waals surface area (Å²) in [5.41, 5.74) is 1.26. The molecule has 5 nitrogen and oxygen atoms in total. The van der Waals surface area contributed by atoms with Gasteiger partial charge < -0.3 is 4.84 Å². The van der Waals surface area contributed by atoms with E-state index >= 15 is 0 Å². The fourth-order valence-electron chi connectivity index (χ4n) is 2.99. The number of rotatable bonds is 3. The van der Waals surface area contributed by atoms with Crippen molar-refractivity contribution in [3.63, 3.8) is 0 Å². The summed E-state index contributed by atoms with van der Waals surface area (Å²) in [4.78, 5) is 41.8. The minimum absolute atomic E-state index is 0.0330. The number of hydrogen-bond donors (Lipinski definition) is 0. The highest BCUT2D eigenvalue weighted by atomic mass is 16.7. The molecule has 0 aromatic heterocycles. The third kappa shape index (κ3) is 2.55. The molecule has 0 N–H and O–H groups in total. The number of fused-ring (bicyclic) bond motifs is 2. The first-order valence-corrected chi connectivity index (χ1v) is 7.80. The second kappa shape index (κ2) is 5.87. The highest BCUT2D eigenvalue weighted by molar-refractivity contribution is 6.20. The van der Waals surface area contributed by atoms with Gasteiger partial charge in [-0.05, 0) is 28.5 Å². The molecule has 0 atom stereocenters. The van der Waals surface area contributed by atoms with Crippen molar-refractivity contribution < 1.29 is 19.2 Å². The summed E-state index contributed by atoms with van der Waals surface area (Å²) in [6, 6.07) is 19.7. The first-order chi connectivity index (χ1) is 12.1. The topological polar surface area (TPSA) is 63.7 Å². The third-order valence-electron chi connectivity index (χ3n) is 4.16. The van der Waals surface area contributed by atoms with Crippen LogP contribution in [0.25, 0.3) is 10.8 Å². The van der Waals surface area contributed by atoms with Gasteiger partial charge in [0.1, 0.15) is 0 Å². The molecule has 122 valence electrons. The average Bonchev–Trinajstić information content (AvgIpc) is 2.87. The van der Waals surface area contributed by atoms with Crippen molar-refractivity contribution >= 4 is 28.6 Å². The molecule has 0 saturated carbocycles. The number of hydroxylamine groups is 2. The van der Waals surface area contributed by atoms with Gasteiger partial charge in [-0.15, -0.1) is 0 Å². The summed E-state index contributed by atoms with van der Waals surface area (Å²) in [6.45, 7) is 0. The molecule has 2 amide bonds. The van der Waals surface area contributed by atoms with E-state index in [0.717, 1.165) is 16.3 Å². The molecule has 0 radical (unpaired) electrons. The highest BCUT2D eigenvalue weighted by Gasteiger charge is 2.38. The Morgan fingerprint density at radius 2 is 1.40 bits per heavy atom. The lowest BCUT2D eigenvalue weighted by molar-refractivity contribution is -0.167. The molecular weight excluding hydrogens is 318 g/mol. The lowest BCUT2D eigenvalue weighted by Crippen LogP contribution is -2.33. The summed E-state index contributed by atoms with van der Waals surface area (Å²) in [5.74, 6) is -1.90. The Morgan fingerprint density at radius 3 is 2.12 bits per heavy atom. The van der Waals surface area contributed by atoms with Crippen LogP contribution in [0.5, 0.6) is 0 Å². The highest BCUT2D eigenvalue weighted by Crippen LogP contribution is 2.24. The van der Waals surface area contributed by atoms with Crippen LogP contribution in [0.3, 0.4) is 0 Å². The SMILES string of the molecule is O=C(Cc1cccc2ccccc12)ON1C(=O)c2ccccc2C1=O. The summed E-state index contributed by atoms with van der Waals surface area (Å²) >= 11 is 0. The van der Waals surface area contributed by atoms with Gasteiger partial charge in [0.25, 0.3) is 11.8 Å². The zero-order valence-electron chi connectivity index (χ0n) is 13.1. The molecule has 0 saturated heterocycles. The average molecular weight is 331 g/mol. The Bertz CT molecular complexity index is 985. The molecule has 0 fully saturated rings. The van der Waals surface area contributed by atoms with E-state index in [1.165, 1.54) is 12.1 Å². The lowest BCUT2D eigenvalue weighted by Gasteiger charge is -2.13. The van der Waals surface area contributed by atoms with Crippen LogP contribution in [0, 0.1) is 0 Å². The van der Waals surface area contributed by atoms with E-state index in [1.54, 1.807) is 12.1 Å². The fraction of sp³-hybridized carbons (Fsp3) is 0.0500. The summed E-state index contributed by atoms with van der Waals surface area (Å²) in [6.07, 6.45) is -0.0330. The number of nitrogens with zero attached hydrogens (tertiary/aromatic N) is 1. The Labute approximate surface area is 143 Å². The molecule has 0 spiro atoms. The molecule has 1 aliphatic heterocycles. The zero-order chi connectivity index (χ0) is 17.4. The number of benzene rings is 3. The predicted molar refractivity (Wildman–Crippen MR) is 90.7 cm³/mol. The van der Waals surface area contributed by atoms with Gasteiger partial charge in [-0.3, -0.25) is 9.59 Å². The summed E-state index contributed by atoms with van der Waals surface area (Å²) in [5, 5.41) is 2.48. The van der Waals surface area contributed by atoms with Gasteiger partial charge in [0.05, 0.1) is 17.5 Å². The van der Waals surface area contributed by atoms with Crippen molar-refractivity contribution in [2.24, 2.45) is 0 Å². The lowest BCUT2D eigenvalue weighted by atomic mass is 10.0. The molecule has 3 aromatic rings. The van der Waals surface area contributed by atoms with Crippen LogP contribution >= 0.6 is 0 Å². The van der Waals surface area contributed by atoms with Gasteiger partial charge in [0.15, 0.2) is 0 Å². The Morgan fingerprint density at radius 1 is 0.800 bits per heavy atom. The monoisotopic (exact) mass is 331 g/mol. The number of hydrogen-bond acceptors (Lipinski definition) is 4. The van der Waals surface area contributed by atoms with Crippen LogP contribution in [0.2, 0.25) is 0 Å².